The van der Waals surface area contributed by atoms with Gasteiger partial charge in [-0.3, -0.25) is 0 Å². The Hall–Kier alpha value is -1.76. The number of hydrogen-bond donors (Lipinski definition) is 0. The van der Waals surface area contributed by atoms with Crippen molar-refractivity contribution < 1.29 is 4.92 Å². The van der Waals surface area contributed by atoms with Gasteiger partial charge in [0.25, 0.3) is 0 Å². The second-order valence-electron chi connectivity index (χ2n) is 3.94. The van der Waals surface area contributed by atoms with Crippen molar-refractivity contribution in [1.29, 1.82) is 0 Å². The van der Waals surface area contributed by atoms with E-state index in [0.29, 0.717) is 5.82 Å². The lowest BCUT2D eigenvalue weighted by molar-refractivity contribution is -0.391. The number of likely N-dealkylation sites (tertiary alicyclic amines) is 1. The first-order chi connectivity index (χ1) is 8.00. The molecule has 6 nitrogen and oxygen atoms in total. The molecule has 1 aromatic rings. The molecule has 0 N–H and O–H groups in total. The zero-order valence-corrected chi connectivity index (χ0v) is 10.4. The van der Waals surface area contributed by atoms with Crippen LogP contribution >= 0.6 is 12.2 Å². The smallest absolute Gasteiger partial charge is 0.342 e. The van der Waals surface area contributed by atoms with Crippen LogP contribution in [0.1, 0.15) is 12.2 Å². The van der Waals surface area contributed by atoms with Crippen LogP contribution in [0, 0.1) is 10.1 Å². The Morgan fingerprint density at radius 3 is 2.76 bits per heavy atom. The minimum Gasteiger partial charge on any atom is -0.365 e. The van der Waals surface area contributed by atoms with Crippen molar-refractivity contribution >= 4 is 29.1 Å². The Morgan fingerprint density at radius 2 is 2.29 bits per heavy atom. The van der Waals surface area contributed by atoms with Crippen LogP contribution in [-0.2, 0) is 7.05 Å². The number of imidazole rings is 1. The topological polar surface area (TPSA) is 64.2 Å². The molecule has 17 heavy (non-hydrogen) atoms. The molecule has 0 unspecified atom stereocenters. The summed E-state index contributed by atoms with van der Waals surface area (Å²) in [6, 6.07) is 0. The summed E-state index contributed by atoms with van der Waals surface area (Å²) in [6.45, 7) is 0.886. The van der Waals surface area contributed by atoms with E-state index in [1.54, 1.807) is 7.05 Å². The van der Waals surface area contributed by atoms with Gasteiger partial charge in [0.05, 0.1) is 7.05 Å². The molecule has 0 radical (unpaired) electrons. The molecule has 1 aromatic heterocycles. The highest BCUT2D eigenvalue weighted by atomic mass is 32.1. The Kier molecular flexibility index (Phi) is 2.93. The van der Waals surface area contributed by atoms with Crippen molar-refractivity contribution in [3.8, 4) is 0 Å². The number of thiocarbonyl (C=S) groups is 1. The highest BCUT2D eigenvalue weighted by Gasteiger charge is 2.21. The number of nitrogens with zero attached hydrogens (tertiary/aromatic N) is 4. The first kappa shape index (κ1) is 11.7. The molecule has 1 aliphatic rings. The predicted octanol–water partition coefficient (Wildman–Crippen LogP) is 1.37. The zero-order chi connectivity index (χ0) is 12.6. The number of aromatic nitrogens is 2. The van der Waals surface area contributed by atoms with Crippen molar-refractivity contribution in [1.82, 2.24) is 14.5 Å². The molecular weight excluding hydrogens is 240 g/mol. The van der Waals surface area contributed by atoms with Gasteiger partial charge in [0.1, 0.15) is 11.2 Å². The van der Waals surface area contributed by atoms with Gasteiger partial charge in [-0.05, 0) is 16.9 Å². The van der Waals surface area contributed by atoms with E-state index in [1.165, 1.54) is 10.8 Å². The van der Waals surface area contributed by atoms with Crippen LogP contribution < -0.4 is 0 Å². The Labute approximate surface area is 104 Å². The molecule has 0 bridgehead atoms. The van der Waals surface area contributed by atoms with Gasteiger partial charge in [-0.2, -0.15) is 0 Å². The highest BCUT2D eigenvalue weighted by molar-refractivity contribution is 7.80. The number of likely N-dealkylation sites (N-methyl/N-ethyl adjacent to an activating group) is 1. The first-order valence-electron chi connectivity index (χ1n) is 5.13. The van der Waals surface area contributed by atoms with E-state index in [0.717, 1.165) is 23.5 Å². The van der Waals surface area contributed by atoms with Gasteiger partial charge >= 0.3 is 5.82 Å². The fraction of sp³-hybridized carbons (Fsp3) is 0.400. The van der Waals surface area contributed by atoms with Crippen LogP contribution in [0.25, 0.3) is 6.08 Å². The van der Waals surface area contributed by atoms with Crippen LogP contribution in [0.3, 0.4) is 0 Å². The maximum absolute atomic E-state index is 10.7. The summed E-state index contributed by atoms with van der Waals surface area (Å²) < 4.78 is 1.45. The zero-order valence-electron chi connectivity index (χ0n) is 9.58. The summed E-state index contributed by atoms with van der Waals surface area (Å²) in [5.74, 6) is 0.540. The molecular formula is C10H12N4O2S. The lowest BCUT2D eigenvalue weighted by Gasteiger charge is -2.07. The third kappa shape index (κ3) is 2.05. The molecule has 1 fully saturated rings. The van der Waals surface area contributed by atoms with Gasteiger partial charge in [-0.25, -0.2) is 9.55 Å². The third-order valence-corrected chi connectivity index (χ3v) is 3.40. The summed E-state index contributed by atoms with van der Waals surface area (Å²) >= 11 is 5.25. The minimum absolute atomic E-state index is 0.0193. The van der Waals surface area contributed by atoms with E-state index in [2.05, 4.69) is 4.98 Å². The van der Waals surface area contributed by atoms with Gasteiger partial charge in [-0.1, -0.05) is 12.2 Å². The molecule has 1 saturated heterocycles. The monoisotopic (exact) mass is 252 g/mol. The molecule has 90 valence electrons. The highest BCUT2D eigenvalue weighted by Crippen LogP contribution is 2.21. The van der Waals surface area contributed by atoms with E-state index in [9.17, 15) is 10.1 Å². The second-order valence-corrected chi connectivity index (χ2v) is 4.32. The van der Waals surface area contributed by atoms with Crippen LogP contribution in [0.15, 0.2) is 11.8 Å². The average molecular weight is 252 g/mol. The predicted molar refractivity (Wildman–Crippen MR) is 67.7 cm³/mol. The summed E-state index contributed by atoms with van der Waals surface area (Å²) in [6.07, 6.45) is 3.93. The standard InChI is InChI=1S/C10H12N4O2S/c1-12-4-3-7(10(12)17)5-8-11-6-9(13(8)2)14(15)16/h5-6H,3-4H2,1-2H3/b7-5+. The molecule has 2 heterocycles. The number of rotatable bonds is 2. The minimum atomic E-state index is -0.450. The quantitative estimate of drug-likeness (QED) is 0.344. The molecule has 2 rings (SSSR count). The van der Waals surface area contributed by atoms with Crippen molar-refractivity contribution in [2.75, 3.05) is 13.6 Å². The van der Waals surface area contributed by atoms with E-state index in [1.807, 2.05) is 18.0 Å². The lowest BCUT2D eigenvalue weighted by Crippen LogP contribution is -2.17. The molecule has 0 aliphatic carbocycles. The third-order valence-electron chi connectivity index (χ3n) is 2.83. The van der Waals surface area contributed by atoms with Gasteiger partial charge in [0.15, 0.2) is 0 Å². The second kappa shape index (κ2) is 4.25. The van der Waals surface area contributed by atoms with Gasteiger partial charge < -0.3 is 15.0 Å². The van der Waals surface area contributed by atoms with Crippen LogP contribution in [0.5, 0.6) is 0 Å². The Bertz CT molecular complexity index is 520. The van der Waals surface area contributed by atoms with E-state index in [-0.39, 0.29) is 5.82 Å². The van der Waals surface area contributed by atoms with Crippen molar-refractivity contribution in [3.63, 3.8) is 0 Å². The molecule has 0 aromatic carbocycles. The van der Waals surface area contributed by atoms with Crippen LogP contribution in [-0.4, -0.2) is 38.0 Å². The maximum atomic E-state index is 10.7. The van der Waals surface area contributed by atoms with Crippen LogP contribution in [0.2, 0.25) is 0 Å². The van der Waals surface area contributed by atoms with Crippen LogP contribution in [0.4, 0.5) is 5.82 Å². The number of hydrogen-bond acceptors (Lipinski definition) is 4. The molecule has 7 heteroatoms. The normalized spacial score (nSPS) is 18.1. The van der Waals surface area contributed by atoms with Gasteiger partial charge in [-0.15, -0.1) is 0 Å². The van der Waals surface area contributed by atoms with E-state index >= 15 is 0 Å². The summed E-state index contributed by atoms with van der Waals surface area (Å²) in [5, 5.41) is 10.7. The summed E-state index contributed by atoms with van der Waals surface area (Å²) in [7, 11) is 3.56. The van der Waals surface area contributed by atoms with E-state index in [4.69, 9.17) is 12.2 Å². The van der Waals surface area contributed by atoms with Gasteiger partial charge in [0, 0.05) is 19.7 Å². The maximum Gasteiger partial charge on any atom is 0.342 e. The largest absolute Gasteiger partial charge is 0.365 e. The average Bonchev–Trinajstić information content (AvgIpc) is 2.77. The Balaban J connectivity index is 2.34. The molecule has 0 saturated carbocycles. The molecule has 0 spiro atoms. The lowest BCUT2D eigenvalue weighted by atomic mass is 10.2. The van der Waals surface area contributed by atoms with Crippen molar-refractivity contribution in [3.05, 3.63) is 27.7 Å². The van der Waals surface area contributed by atoms with E-state index < -0.39 is 4.92 Å². The SMILES string of the molecule is CN1CC/C(=C\c2ncc([N+](=O)[O-])n2C)C1=S. The molecule has 0 atom stereocenters. The number of nitro groups is 1. The molecule has 1 aliphatic heterocycles. The summed E-state index contributed by atoms with van der Waals surface area (Å²) in [4.78, 5) is 17.0. The Morgan fingerprint density at radius 1 is 1.59 bits per heavy atom. The molecule has 0 amide bonds. The fourth-order valence-electron chi connectivity index (χ4n) is 1.75. The fourth-order valence-corrected chi connectivity index (χ4v) is 2.00. The summed E-state index contributed by atoms with van der Waals surface area (Å²) in [5.41, 5.74) is 1.01. The first-order valence-corrected chi connectivity index (χ1v) is 5.53. The van der Waals surface area contributed by atoms with Crippen molar-refractivity contribution in [2.45, 2.75) is 6.42 Å². The van der Waals surface area contributed by atoms with Gasteiger partial charge in [0.2, 0.25) is 5.82 Å². The van der Waals surface area contributed by atoms with Crippen molar-refractivity contribution in [2.24, 2.45) is 7.05 Å².